The van der Waals surface area contributed by atoms with Crippen LogP contribution in [-0.2, 0) is 0 Å². The molecule has 0 aromatic heterocycles. The van der Waals surface area contributed by atoms with Gasteiger partial charge in [0.15, 0.2) is 0 Å². The van der Waals surface area contributed by atoms with Gasteiger partial charge in [-0.15, -0.1) is 12.4 Å². The molecule has 0 amide bonds. The van der Waals surface area contributed by atoms with Gasteiger partial charge < -0.3 is 15.0 Å². The second-order valence-electron chi connectivity index (χ2n) is 0.266. The normalized spacial score (nSPS) is 3.43. The van der Waals surface area contributed by atoms with E-state index in [0.29, 0.717) is 0 Å². The van der Waals surface area contributed by atoms with Crippen molar-refractivity contribution in [1.29, 1.82) is 0 Å². The Morgan fingerprint density at radius 2 is 1.57 bits per heavy atom. The molecule has 0 fully saturated rings. The minimum atomic E-state index is -2.08. The summed E-state index contributed by atoms with van der Waals surface area (Å²) in [5.41, 5.74) is 0. The van der Waals surface area contributed by atoms with Crippen molar-refractivity contribution in [2.24, 2.45) is 0 Å². The monoisotopic (exact) mass is 154 g/mol. The first kappa shape index (κ1) is 24.7. The Kier molecular flexibility index (Phi) is 55.7. The molecule has 0 aromatic carbocycles. The molecule has 0 radical (unpaired) electrons. The van der Waals surface area contributed by atoms with Gasteiger partial charge in [-0.05, 0) is 0 Å². The summed E-state index contributed by atoms with van der Waals surface area (Å²) >= 11 is 0. The third-order valence-electron chi connectivity index (χ3n) is 0. The summed E-state index contributed by atoms with van der Waals surface area (Å²) < 4.78 is 0. The standard InChI is InChI=1S/CH2O3.ClH.Na.H2S/c2-1(3)4;;;/h(H2,2,3,4);1H;;1H2/q;;+1;/p-1. The zero-order valence-corrected chi connectivity index (χ0v) is 7.49. The first-order valence-electron chi connectivity index (χ1n) is 0.632. The Hall–Kier alpha value is 0.910. The Morgan fingerprint density at radius 3 is 1.57 bits per heavy atom. The maximum Gasteiger partial charge on any atom is 1.00 e. The molecule has 0 aliphatic carbocycles. The van der Waals surface area contributed by atoms with E-state index in [0.717, 1.165) is 0 Å². The second-order valence-corrected chi connectivity index (χ2v) is 0.266. The van der Waals surface area contributed by atoms with E-state index in [1.807, 2.05) is 0 Å². The van der Waals surface area contributed by atoms with Crippen molar-refractivity contribution < 1.29 is 44.6 Å². The van der Waals surface area contributed by atoms with Crippen molar-refractivity contribution in [1.82, 2.24) is 0 Å². The predicted molar refractivity (Wildman–Crippen MR) is 25.7 cm³/mol. The Bertz CT molecular complexity index is 37.9. The van der Waals surface area contributed by atoms with E-state index in [4.69, 9.17) is 15.0 Å². The maximum absolute atomic E-state index is 8.44. The van der Waals surface area contributed by atoms with Gasteiger partial charge in [-0.1, -0.05) is 0 Å². The topological polar surface area (TPSA) is 60.4 Å². The molecule has 40 valence electrons. The van der Waals surface area contributed by atoms with E-state index in [-0.39, 0.29) is 55.5 Å². The van der Waals surface area contributed by atoms with Gasteiger partial charge in [0.05, 0.1) is 0 Å². The summed E-state index contributed by atoms with van der Waals surface area (Å²) in [6, 6.07) is 0. The number of hydrogen-bond acceptors (Lipinski definition) is 2. The van der Waals surface area contributed by atoms with E-state index in [1.165, 1.54) is 0 Å². The fourth-order valence-electron chi connectivity index (χ4n) is 0. The van der Waals surface area contributed by atoms with E-state index < -0.39 is 6.16 Å². The SMILES string of the molecule is Cl.O=C([O-])O.S.[Na+]. The van der Waals surface area contributed by atoms with E-state index in [9.17, 15) is 0 Å². The van der Waals surface area contributed by atoms with Crippen molar-refractivity contribution in [2.45, 2.75) is 0 Å². The number of halogens is 1. The summed E-state index contributed by atoms with van der Waals surface area (Å²) in [5.74, 6) is 0. The van der Waals surface area contributed by atoms with Crippen LogP contribution in [0, 0.1) is 0 Å². The van der Waals surface area contributed by atoms with Gasteiger partial charge in [-0.2, -0.15) is 13.5 Å². The molecule has 1 N–H and O–H groups in total. The van der Waals surface area contributed by atoms with Crippen LogP contribution in [0.1, 0.15) is 0 Å². The molecule has 0 atom stereocenters. The van der Waals surface area contributed by atoms with Crippen LogP contribution in [0.3, 0.4) is 0 Å². The largest absolute Gasteiger partial charge is 1.00 e. The molecule has 0 saturated heterocycles. The van der Waals surface area contributed by atoms with Crippen LogP contribution in [0.4, 0.5) is 4.79 Å². The van der Waals surface area contributed by atoms with E-state index in [2.05, 4.69) is 0 Å². The van der Waals surface area contributed by atoms with Crippen LogP contribution in [0.15, 0.2) is 0 Å². The van der Waals surface area contributed by atoms with Gasteiger partial charge in [0, 0.05) is 0 Å². The first-order valence-corrected chi connectivity index (χ1v) is 0.632. The van der Waals surface area contributed by atoms with Crippen molar-refractivity contribution in [3.05, 3.63) is 0 Å². The van der Waals surface area contributed by atoms with Crippen LogP contribution in [0.2, 0.25) is 0 Å². The van der Waals surface area contributed by atoms with Gasteiger partial charge in [-0.3, -0.25) is 0 Å². The Labute approximate surface area is 76.2 Å². The second kappa shape index (κ2) is 15.8. The third kappa shape index (κ3) is 201. The molecule has 7 heavy (non-hydrogen) atoms. The van der Waals surface area contributed by atoms with Crippen LogP contribution >= 0.6 is 25.9 Å². The van der Waals surface area contributed by atoms with Gasteiger partial charge in [0.2, 0.25) is 6.16 Å². The molecule has 0 heterocycles. The summed E-state index contributed by atoms with van der Waals surface area (Å²) in [5, 5.41) is 15.3. The molecule has 0 aromatic rings. The van der Waals surface area contributed by atoms with Crippen molar-refractivity contribution in [3.63, 3.8) is 0 Å². The summed E-state index contributed by atoms with van der Waals surface area (Å²) in [6.07, 6.45) is -2.08. The fourth-order valence-corrected chi connectivity index (χ4v) is 0. The van der Waals surface area contributed by atoms with Crippen LogP contribution in [0.25, 0.3) is 0 Å². The fraction of sp³-hybridized carbons (Fsp3) is 0. The third-order valence-corrected chi connectivity index (χ3v) is 0. The minimum Gasteiger partial charge on any atom is -0.565 e. The smallest absolute Gasteiger partial charge is 0.565 e. The maximum atomic E-state index is 8.44. The molecule has 0 rings (SSSR count). The molecule has 0 unspecified atom stereocenters. The van der Waals surface area contributed by atoms with Gasteiger partial charge in [0.25, 0.3) is 0 Å². The minimum absolute atomic E-state index is 0. The van der Waals surface area contributed by atoms with Crippen molar-refractivity contribution in [3.8, 4) is 0 Å². The Morgan fingerprint density at radius 1 is 1.57 bits per heavy atom. The predicted octanol–water partition coefficient (Wildman–Crippen LogP) is -3.57. The van der Waals surface area contributed by atoms with Crippen molar-refractivity contribution >= 4 is 32.1 Å². The molecule has 0 bridgehead atoms. The zero-order valence-electron chi connectivity index (χ0n) is 3.67. The summed E-state index contributed by atoms with van der Waals surface area (Å²) in [4.78, 5) is 8.44. The summed E-state index contributed by atoms with van der Waals surface area (Å²) in [7, 11) is 0. The molecule has 0 aliphatic rings. The van der Waals surface area contributed by atoms with Gasteiger partial charge >= 0.3 is 29.6 Å². The van der Waals surface area contributed by atoms with Crippen LogP contribution in [-0.4, -0.2) is 11.3 Å². The van der Waals surface area contributed by atoms with Gasteiger partial charge in [0.1, 0.15) is 0 Å². The van der Waals surface area contributed by atoms with Crippen LogP contribution < -0.4 is 34.7 Å². The average Bonchev–Trinajstić information content (AvgIpc) is 0.811. The van der Waals surface area contributed by atoms with E-state index >= 15 is 0 Å². The molecule has 3 nitrogen and oxygen atoms in total. The molecule has 0 spiro atoms. The molecule has 0 saturated carbocycles. The molecular formula is CH4ClNaO3S. The average molecular weight is 155 g/mol. The molecule has 6 heteroatoms. The summed E-state index contributed by atoms with van der Waals surface area (Å²) in [6.45, 7) is 0. The number of hydrogen-bond donors (Lipinski definition) is 1. The van der Waals surface area contributed by atoms with E-state index in [1.54, 1.807) is 0 Å². The van der Waals surface area contributed by atoms with Gasteiger partial charge in [-0.25, -0.2) is 0 Å². The number of rotatable bonds is 0. The number of carbonyl (C=O) groups is 1. The quantitative estimate of drug-likeness (QED) is 0.367. The molecular weight excluding hydrogens is 151 g/mol. The zero-order chi connectivity index (χ0) is 3.58. The van der Waals surface area contributed by atoms with Crippen LogP contribution in [0.5, 0.6) is 0 Å². The van der Waals surface area contributed by atoms with Crippen molar-refractivity contribution in [2.75, 3.05) is 0 Å². The number of carboxylic acid groups (broad SMARTS) is 2. The first-order chi connectivity index (χ1) is 1.73. The molecule has 0 aliphatic heterocycles. The Balaban J connectivity index is -0.0000000150.